The molecular weight excluding hydrogens is 386 g/mol. The van der Waals surface area contributed by atoms with Crippen LogP contribution in [0.25, 0.3) is 27.6 Å². The van der Waals surface area contributed by atoms with Crippen LogP contribution < -0.4 is 11.5 Å². The molecule has 2 N–H and O–H groups in total. The van der Waals surface area contributed by atoms with Gasteiger partial charge >= 0.3 is 0 Å². The van der Waals surface area contributed by atoms with Crippen LogP contribution in [0.3, 0.4) is 0 Å². The standard InChI is InChI=1S/C21H17N5O4/c22-13-14-12-19-20(17-4-1-2-5-18(17)24(19)10-3-11-30-23)25(21(14)27)15-6-8-16(9-7-15)26(28)29/h1-2,4-9,12H,3,10-11,23H2. The number of hydrogen-bond donors (Lipinski definition) is 1. The van der Waals surface area contributed by atoms with E-state index in [9.17, 15) is 20.2 Å². The van der Waals surface area contributed by atoms with Crippen molar-refractivity contribution in [2.45, 2.75) is 13.0 Å². The molecule has 4 aromatic rings. The van der Waals surface area contributed by atoms with Gasteiger partial charge in [0.25, 0.3) is 11.2 Å². The van der Waals surface area contributed by atoms with E-state index < -0.39 is 10.5 Å². The normalized spacial score (nSPS) is 11.1. The Morgan fingerprint density at radius 2 is 1.87 bits per heavy atom. The van der Waals surface area contributed by atoms with Crippen molar-refractivity contribution < 1.29 is 9.76 Å². The summed E-state index contributed by atoms with van der Waals surface area (Å²) in [4.78, 5) is 28.3. The molecule has 0 amide bonds. The lowest BCUT2D eigenvalue weighted by Crippen LogP contribution is -2.21. The van der Waals surface area contributed by atoms with Gasteiger partial charge in [0.05, 0.1) is 28.1 Å². The molecule has 2 heterocycles. The summed E-state index contributed by atoms with van der Waals surface area (Å²) in [6.45, 7) is 0.936. The molecular formula is C21H17N5O4. The van der Waals surface area contributed by atoms with Gasteiger partial charge in [-0.3, -0.25) is 19.5 Å². The second-order valence-corrected chi connectivity index (χ2v) is 6.71. The second kappa shape index (κ2) is 7.79. The molecule has 0 bridgehead atoms. The largest absolute Gasteiger partial charge is 0.339 e. The number of para-hydroxylation sites is 1. The Kier molecular flexibility index (Phi) is 5.02. The van der Waals surface area contributed by atoms with Gasteiger partial charge in [-0.05, 0) is 30.7 Å². The third-order valence-electron chi connectivity index (χ3n) is 5.00. The van der Waals surface area contributed by atoms with Gasteiger partial charge in [-0.15, -0.1) is 0 Å². The summed E-state index contributed by atoms with van der Waals surface area (Å²) >= 11 is 0. The van der Waals surface area contributed by atoms with Crippen LogP contribution in [0.1, 0.15) is 12.0 Å². The highest BCUT2D eigenvalue weighted by molar-refractivity contribution is 6.07. The van der Waals surface area contributed by atoms with Crippen LogP contribution >= 0.6 is 0 Å². The summed E-state index contributed by atoms with van der Waals surface area (Å²) in [5, 5.41) is 21.4. The lowest BCUT2D eigenvalue weighted by molar-refractivity contribution is -0.384. The van der Waals surface area contributed by atoms with E-state index in [1.54, 1.807) is 6.07 Å². The molecule has 9 heteroatoms. The van der Waals surface area contributed by atoms with Gasteiger partial charge in [0.2, 0.25) is 0 Å². The number of nitro benzene ring substituents is 1. The Labute approximate surface area is 170 Å². The third-order valence-corrected chi connectivity index (χ3v) is 5.00. The zero-order chi connectivity index (χ0) is 21.3. The highest BCUT2D eigenvalue weighted by atomic mass is 16.6. The van der Waals surface area contributed by atoms with Crippen molar-refractivity contribution in [1.29, 1.82) is 5.26 Å². The maximum absolute atomic E-state index is 13.1. The molecule has 0 spiro atoms. The van der Waals surface area contributed by atoms with E-state index in [-0.39, 0.29) is 11.3 Å². The predicted molar refractivity (Wildman–Crippen MR) is 111 cm³/mol. The maximum Gasteiger partial charge on any atom is 0.273 e. The van der Waals surface area contributed by atoms with Crippen LogP contribution in [-0.2, 0) is 11.4 Å². The van der Waals surface area contributed by atoms with Crippen LogP contribution in [0, 0.1) is 21.4 Å². The van der Waals surface area contributed by atoms with Gasteiger partial charge in [0.15, 0.2) is 0 Å². The lowest BCUT2D eigenvalue weighted by Gasteiger charge is -2.11. The number of benzene rings is 2. The minimum atomic E-state index is -0.501. The maximum atomic E-state index is 13.1. The molecule has 0 saturated carbocycles. The Hall–Kier alpha value is -4.00. The molecule has 0 saturated heterocycles. The topological polar surface area (TPSA) is 129 Å². The second-order valence-electron chi connectivity index (χ2n) is 6.71. The Morgan fingerprint density at radius 3 is 2.53 bits per heavy atom. The summed E-state index contributed by atoms with van der Waals surface area (Å²) in [6, 6.07) is 16.9. The van der Waals surface area contributed by atoms with E-state index >= 15 is 0 Å². The minimum absolute atomic E-state index is 0.0139. The van der Waals surface area contributed by atoms with Crippen LogP contribution in [0.2, 0.25) is 0 Å². The first-order chi connectivity index (χ1) is 14.6. The van der Waals surface area contributed by atoms with Crippen LogP contribution in [0.5, 0.6) is 0 Å². The molecule has 0 aliphatic carbocycles. The Balaban J connectivity index is 2.08. The molecule has 30 heavy (non-hydrogen) atoms. The number of non-ortho nitro benzene ring substituents is 1. The number of nitriles is 1. The Morgan fingerprint density at radius 1 is 1.13 bits per heavy atom. The van der Waals surface area contributed by atoms with Gasteiger partial charge < -0.3 is 9.40 Å². The highest BCUT2D eigenvalue weighted by Gasteiger charge is 2.19. The highest BCUT2D eigenvalue weighted by Crippen LogP contribution is 2.31. The molecule has 9 nitrogen and oxygen atoms in total. The fourth-order valence-electron chi connectivity index (χ4n) is 3.70. The van der Waals surface area contributed by atoms with E-state index in [1.807, 2.05) is 34.9 Å². The summed E-state index contributed by atoms with van der Waals surface area (Å²) < 4.78 is 3.46. The summed E-state index contributed by atoms with van der Waals surface area (Å²) in [5.41, 5.74) is 2.12. The van der Waals surface area contributed by atoms with Crippen molar-refractivity contribution in [3.05, 3.63) is 80.6 Å². The van der Waals surface area contributed by atoms with Crippen molar-refractivity contribution in [2.24, 2.45) is 5.90 Å². The van der Waals surface area contributed by atoms with Crippen LogP contribution in [0.15, 0.2) is 59.4 Å². The first kappa shape index (κ1) is 19.3. The quantitative estimate of drug-likeness (QED) is 0.299. The monoisotopic (exact) mass is 403 g/mol. The molecule has 150 valence electrons. The van der Waals surface area contributed by atoms with Crippen molar-refractivity contribution >= 4 is 27.6 Å². The number of aryl methyl sites for hydroxylation is 1. The summed E-state index contributed by atoms with van der Waals surface area (Å²) in [5.74, 6) is 5.15. The number of aromatic nitrogens is 2. The fraction of sp³-hybridized carbons (Fsp3) is 0.143. The molecule has 0 unspecified atom stereocenters. The SMILES string of the molecule is N#Cc1cc2c(c3ccccc3n2CCCON)n(-c2ccc([N+](=O)[O-])cc2)c1=O. The van der Waals surface area contributed by atoms with E-state index in [2.05, 4.69) is 4.84 Å². The number of fused-ring (bicyclic) bond motifs is 3. The van der Waals surface area contributed by atoms with Gasteiger partial charge in [-0.2, -0.15) is 5.26 Å². The molecule has 2 aromatic heterocycles. The molecule has 0 radical (unpaired) electrons. The fourth-order valence-corrected chi connectivity index (χ4v) is 3.70. The number of pyridine rings is 1. The smallest absolute Gasteiger partial charge is 0.273 e. The minimum Gasteiger partial charge on any atom is -0.339 e. The molecule has 2 aromatic carbocycles. The molecule has 0 atom stereocenters. The van der Waals surface area contributed by atoms with Crippen LogP contribution in [-0.4, -0.2) is 20.7 Å². The molecule has 0 aliphatic heterocycles. The van der Waals surface area contributed by atoms with Crippen molar-refractivity contribution in [1.82, 2.24) is 9.13 Å². The van der Waals surface area contributed by atoms with E-state index in [0.717, 1.165) is 10.9 Å². The summed E-state index contributed by atoms with van der Waals surface area (Å²) in [7, 11) is 0. The average Bonchev–Trinajstić information content (AvgIpc) is 3.07. The zero-order valence-electron chi connectivity index (χ0n) is 15.8. The van der Waals surface area contributed by atoms with Crippen molar-refractivity contribution in [3.8, 4) is 11.8 Å². The van der Waals surface area contributed by atoms with Gasteiger partial charge in [-0.25, -0.2) is 5.90 Å². The van der Waals surface area contributed by atoms with Crippen molar-refractivity contribution in [2.75, 3.05) is 6.61 Å². The van der Waals surface area contributed by atoms with E-state index in [1.165, 1.54) is 28.8 Å². The van der Waals surface area contributed by atoms with Gasteiger partial charge in [0, 0.05) is 29.8 Å². The lowest BCUT2D eigenvalue weighted by atomic mass is 10.2. The number of hydrogen-bond acceptors (Lipinski definition) is 6. The number of nitro groups is 1. The number of nitrogens with zero attached hydrogens (tertiary/aromatic N) is 4. The predicted octanol–water partition coefficient (Wildman–Crippen LogP) is 3.01. The first-order valence-corrected chi connectivity index (χ1v) is 9.20. The molecule has 4 rings (SSSR count). The number of nitrogens with two attached hydrogens (primary N) is 1. The Bertz CT molecular complexity index is 1360. The summed E-state index contributed by atoms with van der Waals surface area (Å²) in [6.07, 6.45) is 0.642. The van der Waals surface area contributed by atoms with Gasteiger partial charge in [0.1, 0.15) is 11.6 Å². The zero-order valence-corrected chi connectivity index (χ0v) is 15.8. The molecule has 0 aliphatic rings. The van der Waals surface area contributed by atoms with Crippen molar-refractivity contribution in [3.63, 3.8) is 0 Å². The van der Waals surface area contributed by atoms with E-state index in [4.69, 9.17) is 5.90 Å². The first-order valence-electron chi connectivity index (χ1n) is 9.20. The van der Waals surface area contributed by atoms with Crippen LogP contribution in [0.4, 0.5) is 5.69 Å². The average molecular weight is 403 g/mol. The molecule has 0 fully saturated rings. The number of rotatable bonds is 6. The third kappa shape index (κ3) is 3.10. The van der Waals surface area contributed by atoms with E-state index in [0.29, 0.717) is 36.3 Å². The van der Waals surface area contributed by atoms with Gasteiger partial charge in [-0.1, -0.05) is 18.2 Å².